The lowest BCUT2D eigenvalue weighted by atomic mass is 10.0. The predicted molar refractivity (Wildman–Crippen MR) is 89.3 cm³/mol. The molecule has 1 N–H and O–H groups in total. The van der Waals surface area contributed by atoms with Gasteiger partial charge in [0, 0.05) is 37.7 Å². The molecule has 3 rings (SSSR count). The molecule has 0 saturated heterocycles. The average molecular weight is 327 g/mol. The van der Waals surface area contributed by atoms with Gasteiger partial charge in [-0.15, -0.1) is 0 Å². The van der Waals surface area contributed by atoms with E-state index in [2.05, 4.69) is 5.10 Å². The van der Waals surface area contributed by atoms with Gasteiger partial charge < -0.3 is 10.0 Å². The van der Waals surface area contributed by atoms with Crippen LogP contribution in [0.5, 0.6) is 0 Å². The highest BCUT2D eigenvalue weighted by Crippen LogP contribution is 2.21. The van der Waals surface area contributed by atoms with Gasteiger partial charge in [-0.05, 0) is 12.5 Å². The van der Waals surface area contributed by atoms with Crippen molar-refractivity contribution in [2.75, 3.05) is 6.54 Å². The summed E-state index contributed by atoms with van der Waals surface area (Å²) in [7, 11) is 0. The maximum Gasteiger partial charge on any atom is 0.267 e. The Morgan fingerprint density at radius 3 is 2.79 bits per heavy atom. The molecule has 0 radical (unpaired) electrons. The Hall–Kier alpha value is -2.47. The van der Waals surface area contributed by atoms with Crippen LogP contribution in [-0.4, -0.2) is 32.2 Å². The van der Waals surface area contributed by atoms with Crippen molar-refractivity contribution in [1.82, 2.24) is 14.7 Å². The molecule has 0 bridgehead atoms. The van der Waals surface area contributed by atoms with Crippen molar-refractivity contribution in [3.8, 4) is 0 Å². The van der Waals surface area contributed by atoms with Gasteiger partial charge in [0.05, 0.1) is 18.2 Å². The van der Waals surface area contributed by atoms with E-state index in [9.17, 15) is 14.7 Å². The number of benzene rings is 1. The minimum absolute atomic E-state index is 0.0405. The first kappa shape index (κ1) is 16.4. The summed E-state index contributed by atoms with van der Waals surface area (Å²) in [5, 5.41) is 14.6. The van der Waals surface area contributed by atoms with Crippen molar-refractivity contribution in [3.05, 3.63) is 63.6 Å². The standard InChI is InChI=1S/C18H21N3O3/c1-2-21-18(24)10-14-12-20(9-8-15(14)19-21)17(23)11-16(22)13-6-4-3-5-7-13/h3-7,10,16,22H,2,8-9,11-12H2,1H3. The molecular weight excluding hydrogens is 306 g/mol. The summed E-state index contributed by atoms with van der Waals surface area (Å²) in [6.45, 7) is 3.35. The average Bonchev–Trinajstić information content (AvgIpc) is 2.61. The molecule has 1 aliphatic heterocycles. The van der Waals surface area contributed by atoms with E-state index >= 15 is 0 Å². The summed E-state index contributed by atoms with van der Waals surface area (Å²) in [6, 6.07) is 10.7. The largest absolute Gasteiger partial charge is 0.388 e. The van der Waals surface area contributed by atoms with E-state index in [1.807, 2.05) is 25.1 Å². The number of carbonyl (C=O) groups excluding carboxylic acids is 1. The summed E-state index contributed by atoms with van der Waals surface area (Å²) >= 11 is 0. The summed E-state index contributed by atoms with van der Waals surface area (Å²) < 4.78 is 1.44. The van der Waals surface area contributed by atoms with E-state index < -0.39 is 6.10 Å². The number of hydrogen-bond acceptors (Lipinski definition) is 4. The molecule has 0 spiro atoms. The third-order valence-corrected chi connectivity index (χ3v) is 4.35. The monoisotopic (exact) mass is 327 g/mol. The van der Waals surface area contributed by atoms with Gasteiger partial charge in [-0.25, -0.2) is 4.68 Å². The molecule has 2 heterocycles. The zero-order valence-electron chi connectivity index (χ0n) is 13.7. The lowest BCUT2D eigenvalue weighted by Gasteiger charge is -2.29. The number of nitrogens with zero attached hydrogens (tertiary/aromatic N) is 3. The van der Waals surface area contributed by atoms with Gasteiger partial charge in [0.25, 0.3) is 5.56 Å². The molecule has 1 unspecified atom stereocenters. The fraction of sp³-hybridized carbons (Fsp3) is 0.389. The van der Waals surface area contributed by atoms with Crippen molar-refractivity contribution < 1.29 is 9.90 Å². The molecule has 1 aliphatic rings. The van der Waals surface area contributed by atoms with Crippen LogP contribution in [0.1, 0.15) is 36.3 Å². The maximum absolute atomic E-state index is 12.5. The SMILES string of the molecule is CCn1nc2c(cc1=O)CN(C(=O)CC(O)c1ccccc1)CC2. The number of rotatable bonds is 4. The molecular formula is C18H21N3O3. The van der Waals surface area contributed by atoms with Gasteiger partial charge in [-0.2, -0.15) is 5.10 Å². The van der Waals surface area contributed by atoms with E-state index in [0.717, 1.165) is 16.8 Å². The Morgan fingerprint density at radius 1 is 1.33 bits per heavy atom. The second-order valence-corrected chi connectivity index (χ2v) is 5.97. The van der Waals surface area contributed by atoms with Gasteiger partial charge in [0.15, 0.2) is 0 Å². The van der Waals surface area contributed by atoms with Gasteiger partial charge >= 0.3 is 0 Å². The Labute approximate surface area is 140 Å². The summed E-state index contributed by atoms with van der Waals surface area (Å²) in [6.07, 6.45) is -0.145. The minimum Gasteiger partial charge on any atom is -0.388 e. The lowest BCUT2D eigenvalue weighted by Crippen LogP contribution is -2.39. The lowest BCUT2D eigenvalue weighted by molar-refractivity contribution is -0.134. The van der Waals surface area contributed by atoms with E-state index in [0.29, 0.717) is 26.1 Å². The third kappa shape index (κ3) is 3.38. The fourth-order valence-corrected chi connectivity index (χ4v) is 2.97. The van der Waals surface area contributed by atoms with Gasteiger partial charge in [-0.3, -0.25) is 9.59 Å². The highest BCUT2D eigenvalue weighted by atomic mass is 16.3. The summed E-state index contributed by atoms with van der Waals surface area (Å²) in [4.78, 5) is 26.1. The Bertz CT molecular complexity index is 786. The van der Waals surface area contributed by atoms with Crippen LogP contribution in [0.25, 0.3) is 0 Å². The summed E-state index contributed by atoms with van der Waals surface area (Å²) in [5.41, 5.74) is 2.27. The van der Waals surface area contributed by atoms with Crippen LogP contribution in [0.4, 0.5) is 0 Å². The molecule has 6 heteroatoms. The van der Waals surface area contributed by atoms with Crippen molar-refractivity contribution in [1.29, 1.82) is 0 Å². The predicted octanol–water partition coefficient (Wildman–Crippen LogP) is 1.27. The first-order chi connectivity index (χ1) is 11.6. The zero-order valence-corrected chi connectivity index (χ0v) is 13.7. The van der Waals surface area contributed by atoms with Gasteiger partial charge in [0.2, 0.25) is 5.91 Å². The second-order valence-electron chi connectivity index (χ2n) is 5.97. The fourth-order valence-electron chi connectivity index (χ4n) is 2.97. The molecule has 0 fully saturated rings. The van der Waals surface area contributed by atoms with Crippen LogP contribution in [0, 0.1) is 0 Å². The van der Waals surface area contributed by atoms with E-state index in [-0.39, 0.29) is 17.9 Å². The number of aliphatic hydroxyl groups excluding tert-OH is 1. The molecule has 0 saturated carbocycles. The molecule has 1 atom stereocenters. The van der Waals surface area contributed by atoms with E-state index in [4.69, 9.17) is 0 Å². The van der Waals surface area contributed by atoms with Crippen LogP contribution in [0.3, 0.4) is 0 Å². The third-order valence-electron chi connectivity index (χ3n) is 4.35. The van der Waals surface area contributed by atoms with Gasteiger partial charge in [-0.1, -0.05) is 30.3 Å². The van der Waals surface area contributed by atoms with Crippen molar-refractivity contribution in [2.45, 2.75) is 39.0 Å². The number of aryl methyl sites for hydroxylation is 1. The smallest absolute Gasteiger partial charge is 0.267 e. The molecule has 1 amide bonds. The van der Waals surface area contributed by atoms with Crippen LogP contribution >= 0.6 is 0 Å². The Balaban J connectivity index is 1.70. The first-order valence-corrected chi connectivity index (χ1v) is 8.19. The van der Waals surface area contributed by atoms with Crippen LogP contribution in [-0.2, 0) is 24.3 Å². The van der Waals surface area contributed by atoms with Gasteiger partial charge in [0.1, 0.15) is 0 Å². The number of carbonyl (C=O) groups is 1. The topological polar surface area (TPSA) is 75.4 Å². The van der Waals surface area contributed by atoms with E-state index in [1.54, 1.807) is 23.1 Å². The number of hydrogen-bond donors (Lipinski definition) is 1. The number of amides is 1. The second kappa shape index (κ2) is 6.97. The Morgan fingerprint density at radius 2 is 2.08 bits per heavy atom. The Kier molecular flexibility index (Phi) is 4.76. The highest BCUT2D eigenvalue weighted by Gasteiger charge is 2.24. The number of fused-ring (bicyclic) bond motifs is 1. The van der Waals surface area contributed by atoms with Crippen LogP contribution in [0.15, 0.2) is 41.2 Å². The molecule has 6 nitrogen and oxygen atoms in total. The molecule has 126 valence electrons. The van der Waals surface area contributed by atoms with Crippen LogP contribution < -0.4 is 5.56 Å². The minimum atomic E-state index is -0.814. The molecule has 2 aromatic rings. The van der Waals surface area contributed by atoms with Crippen molar-refractivity contribution in [2.24, 2.45) is 0 Å². The zero-order chi connectivity index (χ0) is 17.1. The number of aromatic nitrogens is 2. The molecule has 0 aliphatic carbocycles. The molecule has 1 aromatic carbocycles. The van der Waals surface area contributed by atoms with Crippen molar-refractivity contribution >= 4 is 5.91 Å². The van der Waals surface area contributed by atoms with Crippen LogP contribution in [0.2, 0.25) is 0 Å². The molecule has 24 heavy (non-hydrogen) atoms. The normalized spacial score (nSPS) is 15.0. The van der Waals surface area contributed by atoms with Crippen molar-refractivity contribution in [3.63, 3.8) is 0 Å². The first-order valence-electron chi connectivity index (χ1n) is 8.19. The molecule has 1 aromatic heterocycles. The maximum atomic E-state index is 12.5. The quantitative estimate of drug-likeness (QED) is 0.918. The van der Waals surface area contributed by atoms with E-state index in [1.165, 1.54) is 4.68 Å². The number of aliphatic hydroxyl groups is 1. The summed E-state index contributed by atoms with van der Waals surface area (Å²) in [5.74, 6) is -0.114. The highest BCUT2D eigenvalue weighted by molar-refractivity contribution is 5.77.